The van der Waals surface area contributed by atoms with Crippen molar-refractivity contribution in [2.24, 2.45) is 0 Å². The summed E-state index contributed by atoms with van der Waals surface area (Å²) in [7, 11) is 0. The summed E-state index contributed by atoms with van der Waals surface area (Å²) in [5.41, 5.74) is 3.30. The second-order valence-corrected chi connectivity index (χ2v) is 7.30. The predicted octanol–water partition coefficient (Wildman–Crippen LogP) is 2.95. The van der Waals surface area contributed by atoms with Crippen LogP contribution in [0.4, 0.5) is 15.9 Å². The maximum absolute atomic E-state index is 13.5. The molecule has 1 saturated heterocycles. The second kappa shape index (κ2) is 8.11. The molecule has 1 fully saturated rings. The molecule has 3 aromatic heterocycles. The lowest BCUT2D eigenvalue weighted by molar-refractivity contribution is 0.0730. The lowest BCUT2D eigenvalue weighted by atomic mass is 10.2. The highest BCUT2D eigenvalue weighted by Gasteiger charge is 2.18. The van der Waals surface area contributed by atoms with Crippen LogP contribution in [-0.2, 0) is 0 Å². The minimum atomic E-state index is -0.286. The van der Waals surface area contributed by atoms with Crippen LogP contribution in [-0.4, -0.2) is 56.9 Å². The van der Waals surface area contributed by atoms with Crippen molar-refractivity contribution in [1.82, 2.24) is 30.2 Å². The van der Waals surface area contributed by atoms with Crippen LogP contribution in [0.15, 0.2) is 55.0 Å². The highest BCUT2D eigenvalue weighted by atomic mass is 19.1. The van der Waals surface area contributed by atoms with E-state index in [-0.39, 0.29) is 11.7 Å². The molecule has 1 aliphatic rings. The topological polar surface area (TPSA) is 98.8 Å². The van der Waals surface area contributed by atoms with E-state index in [0.29, 0.717) is 36.0 Å². The summed E-state index contributed by atoms with van der Waals surface area (Å²) in [6, 6.07) is 9.91. The third-order valence-electron chi connectivity index (χ3n) is 5.15. The molecule has 4 aromatic rings. The first-order valence-corrected chi connectivity index (χ1v) is 9.99. The highest BCUT2D eigenvalue weighted by molar-refractivity contribution is 5.92. The van der Waals surface area contributed by atoms with Crippen LogP contribution in [0.1, 0.15) is 10.5 Å². The number of anilines is 2. The van der Waals surface area contributed by atoms with E-state index in [2.05, 4.69) is 30.6 Å². The fraction of sp³-hybridized carbons (Fsp3) is 0.182. The number of nitrogens with one attached hydrogen (secondary N) is 3. The number of nitrogens with zero attached hydrogens (tertiary/aromatic N) is 4. The Labute approximate surface area is 177 Å². The Bertz CT molecular complexity index is 1230. The van der Waals surface area contributed by atoms with E-state index in [9.17, 15) is 9.18 Å². The number of amides is 1. The third-order valence-corrected chi connectivity index (χ3v) is 5.15. The number of fused-ring (bicyclic) bond motifs is 1. The third kappa shape index (κ3) is 4.08. The number of hydrogen-bond acceptors (Lipinski definition) is 6. The van der Waals surface area contributed by atoms with Crippen LogP contribution in [0.2, 0.25) is 0 Å². The van der Waals surface area contributed by atoms with E-state index in [1.807, 2.05) is 6.07 Å². The van der Waals surface area contributed by atoms with Gasteiger partial charge in [0, 0.05) is 37.1 Å². The molecule has 31 heavy (non-hydrogen) atoms. The van der Waals surface area contributed by atoms with Gasteiger partial charge in [0.15, 0.2) is 0 Å². The van der Waals surface area contributed by atoms with Gasteiger partial charge in [-0.1, -0.05) is 0 Å². The molecule has 5 rings (SSSR count). The molecular formula is C22H20FN7O. The van der Waals surface area contributed by atoms with Crippen molar-refractivity contribution in [2.45, 2.75) is 0 Å². The van der Waals surface area contributed by atoms with Crippen LogP contribution in [0.5, 0.6) is 0 Å². The maximum Gasteiger partial charge on any atom is 0.272 e. The van der Waals surface area contributed by atoms with Gasteiger partial charge in [-0.2, -0.15) is 0 Å². The Balaban J connectivity index is 1.32. The van der Waals surface area contributed by atoms with Crippen LogP contribution >= 0.6 is 0 Å². The number of halogens is 1. The molecule has 9 heteroatoms. The fourth-order valence-corrected chi connectivity index (χ4v) is 3.57. The molecule has 0 spiro atoms. The van der Waals surface area contributed by atoms with Gasteiger partial charge in [0.1, 0.15) is 23.0 Å². The number of carbonyl (C=O) groups is 1. The van der Waals surface area contributed by atoms with Gasteiger partial charge in [0.2, 0.25) is 0 Å². The number of hydrogen-bond donors (Lipinski definition) is 3. The monoisotopic (exact) mass is 417 g/mol. The van der Waals surface area contributed by atoms with Gasteiger partial charge < -0.3 is 20.5 Å². The first-order chi connectivity index (χ1) is 15.2. The van der Waals surface area contributed by atoms with Crippen molar-refractivity contribution in [1.29, 1.82) is 0 Å². The number of aromatic nitrogens is 4. The summed E-state index contributed by atoms with van der Waals surface area (Å²) in [6.07, 6.45) is 4.85. The molecule has 156 valence electrons. The molecule has 1 aromatic carbocycles. The lowest BCUT2D eigenvalue weighted by Crippen LogP contribution is -2.46. The molecule has 1 aliphatic heterocycles. The summed E-state index contributed by atoms with van der Waals surface area (Å²) in [6.45, 7) is 2.96. The van der Waals surface area contributed by atoms with E-state index in [1.165, 1.54) is 12.1 Å². The van der Waals surface area contributed by atoms with E-state index in [0.717, 1.165) is 29.7 Å². The zero-order chi connectivity index (χ0) is 21.2. The van der Waals surface area contributed by atoms with Crippen molar-refractivity contribution in [3.8, 4) is 11.4 Å². The van der Waals surface area contributed by atoms with Gasteiger partial charge in [0.25, 0.3) is 5.91 Å². The van der Waals surface area contributed by atoms with Gasteiger partial charge in [-0.25, -0.2) is 14.4 Å². The first kappa shape index (κ1) is 19.1. The SMILES string of the molecule is O=C(c1ccc(Nc2cncc(-c3cc4cc(F)ccc4[nH]3)n2)cn1)N1CCNCC1. The Morgan fingerprint density at radius 3 is 2.74 bits per heavy atom. The number of benzene rings is 1. The van der Waals surface area contributed by atoms with E-state index in [4.69, 9.17) is 0 Å². The van der Waals surface area contributed by atoms with Crippen LogP contribution in [0.25, 0.3) is 22.3 Å². The van der Waals surface area contributed by atoms with Crippen molar-refractivity contribution in [3.05, 3.63) is 66.5 Å². The molecule has 0 atom stereocenters. The fourth-order valence-electron chi connectivity index (χ4n) is 3.57. The zero-order valence-electron chi connectivity index (χ0n) is 16.6. The van der Waals surface area contributed by atoms with Crippen molar-refractivity contribution >= 4 is 28.3 Å². The normalized spacial score (nSPS) is 14.0. The summed E-state index contributed by atoms with van der Waals surface area (Å²) >= 11 is 0. The number of piperazine rings is 1. The molecule has 0 aliphatic carbocycles. The van der Waals surface area contributed by atoms with E-state index in [1.54, 1.807) is 41.7 Å². The molecule has 0 saturated carbocycles. The molecule has 0 bridgehead atoms. The van der Waals surface area contributed by atoms with E-state index < -0.39 is 0 Å². The number of pyridine rings is 1. The summed E-state index contributed by atoms with van der Waals surface area (Å²) in [4.78, 5) is 30.7. The molecule has 0 radical (unpaired) electrons. The van der Waals surface area contributed by atoms with Crippen molar-refractivity contribution < 1.29 is 9.18 Å². The maximum atomic E-state index is 13.5. The van der Waals surface area contributed by atoms with E-state index >= 15 is 0 Å². The van der Waals surface area contributed by atoms with Gasteiger partial charge in [-0.3, -0.25) is 9.78 Å². The van der Waals surface area contributed by atoms with Crippen LogP contribution in [0.3, 0.4) is 0 Å². The summed E-state index contributed by atoms with van der Waals surface area (Å²) < 4.78 is 13.5. The highest BCUT2D eigenvalue weighted by Crippen LogP contribution is 2.24. The Hall–Kier alpha value is -3.85. The number of H-pyrrole nitrogens is 1. The number of aromatic amines is 1. The molecular weight excluding hydrogens is 397 g/mol. The minimum Gasteiger partial charge on any atom is -0.353 e. The Kier molecular flexibility index (Phi) is 5.01. The first-order valence-electron chi connectivity index (χ1n) is 9.99. The smallest absolute Gasteiger partial charge is 0.272 e. The average molecular weight is 417 g/mol. The number of carbonyl (C=O) groups excluding carboxylic acids is 1. The van der Waals surface area contributed by atoms with Crippen LogP contribution in [0, 0.1) is 5.82 Å². The minimum absolute atomic E-state index is 0.0647. The molecule has 1 amide bonds. The van der Waals surface area contributed by atoms with Crippen molar-refractivity contribution in [2.75, 3.05) is 31.5 Å². The predicted molar refractivity (Wildman–Crippen MR) is 116 cm³/mol. The molecule has 3 N–H and O–H groups in total. The standard InChI is InChI=1S/C22H20FN7O/c23-15-1-3-17-14(9-15)10-19(28-17)20-12-25-13-21(29-20)27-16-2-4-18(26-11-16)22(31)30-7-5-24-6-8-30/h1-4,9-13,24,28H,5-8H2,(H,27,29). The Morgan fingerprint density at radius 2 is 1.94 bits per heavy atom. The molecule has 0 unspecified atom stereocenters. The van der Waals surface area contributed by atoms with Gasteiger partial charge in [-0.15, -0.1) is 0 Å². The largest absolute Gasteiger partial charge is 0.353 e. The van der Waals surface area contributed by atoms with Crippen molar-refractivity contribution in [3.63, 3.8) is 0 Å². The zero-order valence-corrected chi connectivity index (χ0v) is 16.6. The van der Waals surface area contributed by atoms with Gasteiger partial charge in [0.05, 0.1) is 30.0 Å². The number of rotatable bonds is 4. The summed E-state index contributed by atoms with van der Waals surface area (Å²) in [5, 5.41) is 7.15. The second-order valence-electron chi connectivity index (χ2n) is 7.30. The molecule has 4 heterocycles. The summed E-state index contributed by atoms with van der Waals surface area (Å²) in [5.74, 6) is 0.182. The Morgan fingerprint density at radius 1 is 1.06 bits per heavy atom. The lowest BCUT2D eigenvalue weighted by Gasteiger charge is -2.27. The quantitative estimate of drug-likeness (QED) is 0.472. The van der Waals surface area contributed by atoms with Gasteiger partial charge in [-0.05, 0) is 36.4 Å². The molecule has 8 nitrogen and oxygen atoms in total. The van der Waals surface area contributed by atoms with Gasteiger partial charge >= 0.3 is 0 Å². The van der Waals surface area contributed by atoms with Crippen LogP contribution < -0.4 is 10.6 Å². The average Bonchev–Trinajstić information content (AvgIpc) is 3.23.